The molecule has 2 N–H and O–H groups in total. The van der Waals surface area contributed by atoms with E-state index >= 15 is 0 Å². The number of fused-ring (bicyclic) bond motifs is 1. The lowest BCUT2D eigenvalue weighted by atomic mass is 10.00. The van der Waals surface area contributed by atoms with Crippen LogP contribution in [0.3, 0.4) is 0 Å². The second-order valence-electron chi connectivity index (χ2n) is 3.72. The first-order valence-electron chi connectivity index (χ1n) is 4.23. The van der Waals surface area contributed by atoms with Gasteiger partial charge in [-0.2, -0.15) is 0 Å². The van der Waals surface area contributed by atoms with E-state index in [2.05, 4.69) is 5.32 Å². The van der Waals surface area contributed by atoms with E-state index in [1.54, 1.807) is 0 Å². The van der Waals surface area contributed by atoms with Crippen LogP contribution in [0.2, 0.25) is 0 Å². The first-order valence-corrected chi connectivity index (χ1v) is 6.15. The lowest BCUT2D eigenvalue weighted by Gasteiger charge is -2.15. The van der Waals surface area contributed by atoms with Crippen LogP contribution in [0.25, 0.3) is 0 Å². The van der Waals surface area contributed by atoms with Crippen LogP contribution >= 0.6 is 0 Å². The monoisotopic (exact) mass is 217 g/mol. The summed E-state index contributed by atoms with van der Waals surface area (Å²) in [6.45, 7) is 0.502. The second kappa shape index (κ2) is 2.77. The van der Waals surface area contributed by atoms with Crippen LogP contribution in [-0.4, -0.2) is 39.7 Å². The molecule has 2 fully saturated rings. The Morgan fingerprint density at radius 1 is 1.36 bits per heavy atom. The maximum Gasteiger partial charge on any atom is 0.231 e. The van der Waals surface area contributed by atoms with Crippen molar-refractivity contribution in [2.24, 2.45) is 11.8 Å². The quantitative estimate of drug-likeness (QED) is 0.539. The molecule has 0 bridgehead atoms. The van der Waals surface area contributed by atoms with Gasteiger partial charge in [-0.15, -0.1) is 0 Å². The van der Waals surface area contributed by atoms with Gasteiger partial charge in [-0.05, 0) is 0 Å². The highest BCUT2D eigenvalue weighted by atomic mass is 32.2. The molecule has 2 aliphatic rings. The average Bonchev–Trinajstić information content (AvgIpc) is 2.53. The fourth-order valence-corrected chi connectivity index (χ4v) is 2.78. The lowest BCUT2D eigenvalue weighted by molar-refractivity contribution is -0.126. The van der Waals surface area contributed by atoms with Crippen LogP contribution in [0, 0.1) is 16.6 Å². The number of carbonyl (C=O) groups is 2. The maximum atomic E-state index is 11.4. The van der Waals surface area contributed by atoms with E-state index in [-0.39, 0.29) is 24.9 Å². The van der Waals surface area contributed by atoms with Gasteiger partial charge in [-0.1, -0.05) is 0 Å². The molecule has 3 unspecified atom stereocenters. The van der Waals surface area contributed by atoms with E-state index < -0.39 is 21.8 Å². The molecule has 0 saturated carbocycles. The predicted octanol–water partition coefficient (Wildman–Crippen LogP) is -1.22. The zero-order valence-corrected chi connectivity index (χ0v) is 8.47. The van der Waals surface area contributed by atoms with Gasteiger partial charge in [-0.3, -0.25) is 14.9 Å². The van der Waals surface area contributed by atoms with Gasteiger partial charge in [0, 0.05) is 19.3 Å². The van der Waals surface area contributed by atoms with Crippen molar-refractivity contribution in [1.82, 2.24) is 9.62 Å². The van der Waals surface area contributed by atoms with Crippen molar-refractivity contribution in [3.8, 4) is 0 Å². The molecule has 7 heteroatoms. The molecule has 14 heavy (non-hydrogen) atoms. The molecular formula is C7H11N3O3S. The van der Waals surface area contributed by atoms with Gasteiger partial charge in [0.1, 0.15) is 9.92 Å². The van der Waals surface area contributed by atoms with Gasteiger partial charge in [0.15, 0.2) is 0 Å². The number of hydrogen-bond donors (Lipinski definition) is 2. The molecule has 3 atom stereocenters. The fraction of sp³-hybridized carbons (Fsp3) is 0.714. The van der Waals surface area contributed by atoms with Crippen LogP contribution in [0.1, 0.15) is 0 Å². The Morgan fingerprint density at radius 3 is 2.14 bits per heavy atom. The van der Waals surface area contributed by atoms with E-state index in [4.69, 9.17) is 4.78 Å². The highest BCUT2D eigenvalue weighted by Crippen LogP contribution is 2.29. The molecule has 0 radical (unpaired) electrons. The van der Waals surface area contributed by atoms with E-state index in [1.165, 1.54) is 10.6 Å². The summed E-state index contributed by atoms with van der Waals surface area (Å²) in [4.78, 5) is 22.5. The first kappa shape index (κ1) is 9.60. The number of amides is 2. The summed E-state index contributed by atoms with van der Waals surface area (Å²) in [5, 5.41) is 2.23. The smallest absolute Gasteiger partial charge is 0.231 e. The number of carbonyl (C=O) groups excluding carboxylic acids is 2. The van der Waals surface area contributed by atoms with Crippen LogP contribution in [0.15, 0.2) is 0 Å². The summed E-state index contributed by atoms with van der Waals surface area (Å²) >= 11 is 0. The summed E-state index contributed by atoms with van der Waals surface area (Å²) in [7, 11) is -2.79. The summed E-state index contributed by atoms with van der Waals surface area (Å²) in [6.07, 6.45) is 1.30. The van der Waals surface area contributed by atoms with Crippen molar-refractivity contribution in [3.63, 3.8) is 0 Å². The minimum absolute atomic E-state index is 0.251. The van der Waals surface area contributed by atoms with Crippen molar-refractivity contribution in [1.29, 1.82) is 4.78 Å². The van der Waals surface area contributed by atoms with Crippen LogP contribution in [-0.2, 0) is 19.5 Å². The Kier molecular flexibility index (Phi) is 1.90. The lowest BCUT2D eigenvalue weighted by Crippen LogP contribution is -2.33. The van der Waals surface area contributed by atoms with Gasteiger partial charge in [-0.25, -0.2) is 13.3 Å². The second-order valence-corrected chi connectivity index (χ2v) is 5.84. The molecule has 0 aromatic rings. The predicted molar refractivity (Wildman–Crippen MR) is 48.5 cm³/mol. The molecule has 0 aromatic heterocycles. The number of hydrogen-bond acceptors (Lipinski definition) is 4. The Hall–Kier alpha value is -0.950. The Morgan fingerprint density at radius 2 is 1.79 bits per heavy atom. The summed E-state index contributed by atoms with van der Waals surface area (Å²) in [6, 6.07) is 0. The molecule has 6 nitrogen and oxygen atoms in total. The van der Waals surface area contributed by atoms with Crippen LogP contribution < -0.4 is 5.32 Å². The highest BCUT2D eigenvalue weighted by Gasteiger charge is 2.49. The van der Waals surface area contributed by atoms with E-state index in [1.807, 2.05) is 0 Å². The third-order valence-electron chi connectivity index (χ3n) is 2.70. The molecule has 2 heterocycles. The molecule has 0 spiro atoms. The van der Waals surface area contributed by atoms with E-state index in [0.717, 1.165) is 0 Å². The van der Waals surface area contributed by atoms with Crippen molar-refractivity contribution in [2.75, 3.05) is 19.3 Å². The fourth-order valence-electron chi connectivity index (χ4n) is 1.89. The van der Waals surface area contributed by atoms with Crippen molar-refractivity contribution in [3.05, 3.63) is 0 Å². The molecule has 2 rings (SSSR count). The van der Waals surface area contributed by atoms with Gasteiger partial charge >= 0.3 is 0 Å². The molecule has 2 amide bonds. The summed E-state index contributed by atoms with van der Waals surface area (Å²) < 4.78 is 20.1. The van der Waals surface area contributed by atoms with Gasteiger partial charge in [0.2, 0.25) is 11.8 Å². The third kappa shape index (κ3) is 1.32. The molecule has 78 valence electrons. The standard InChI is InChI=1S/C7H11N3O3S/c1-14(8,13)10-2-4-5(3-10)7(12)9-6(4)11/h4-5,8H,2-3H2,1H3,(H,9,11,12). The minimum Gasteiger partial charge on any atom is -0.296 e. The Labute approximate surface area is 81.8 Å². The van der Waals surface area contributed by atoms with Crippen LogP contribution in [0.5, 0.6) is 0 Å². The zero-order chi connectivity index (χ0) is 10.5. The van der Waals surface area contributed by atoms with Crippen molar-refractivity contribution < 1.29 is 13.8 Å². The van der Waals surface area contributed by atoms with E-state index in [9.17, 15) is 13.8 Å². The third-order valence-corrected chi connectivity index (χ3v) is 3.98. The number of rotatable bonds is 1. The first-order chi connectivity index (χ1) is 6.39. The Bertz CT molecular complexity index is 380. The van der Waals surface area contributed by atoms with E-state index in [0.29, 0.717) is 0 Å². The highest BCUT2D eigenvalue weighted by molar-refractivity contribution is 7.89. The molecule has 2 aliphatic heterocycles. The van der Waals surface area contributed by atoms with Crippen molar-refractivity contribution >= 4 is 21.7 Å². The minimum atomic E-state index is -2.79. The maximum absolute atomic E-state index is 11.4. The molecule has 2 saturated heterocycles. The normalized spacial score (nSPS) is 36.6. The SMILES string of the molecule is CS(=N)(=O)N1CC2C(=O)NC(=O)C2C1. The average molecular weight is 217 g/mol. The van der Waals surface area contributed by atoms with Crippen LogP contribution in [0.4, 0.5) is 0 Å². The molecule has 0 aromatic carbocycles. The largest absolute Gasteiger partial charge is 0.296 e. The molecular weight excluding hydrogens is 206 g/mol. The topological polar surface area (TPSA) is 90.3 Å². The zero-order valence-electron chi connectivity index (χ0n) is 7.65. The van der Waals surface area contributed by atoms with Gasteiger partial charge in [0.05, 0.1) is 11.8 Å². The number of imide groups is 1. The van der Waals surface area contributed by atoms with Gasteiger partial charge < -0.3 is 0 Å². The number of nitrogens with zero attached hydrogens (tertiary/aromatic N) is 1. The molecule has 0 aliphatic carbocycles. The summed E-state index contributed by atoms with van der Waals surface area (Å²) in [5.41, 5.74) is 0. The number of nitrogens with one attached hydrogen (secondary N) is 2. The summed E-state index contributed by atoms with van der Waals surface area (Å²) in [5.74, 6) is -1.42. The Balaban J connectivity index is 2.24. The van der Waals surface area contributed by atoms with Crippen molar-refractivity contribution in [2.45, 2.75) is 0 Å². The van der Waals surface area contributed by atoms with Gasteiger partial charge in [0.25, 0.3) is 0 Å².